The SMILES string of the molecule is CCCN(CCC)C(=S)[S-].CCCN(CCC)C(=S)[S-].CCCN(CCC)C(=S)[S-].CCCN(CCC)C(=S)[S-].[O]=[Mo+4]. The molecule has 0 aromatic carbocycles. The van der Waals surface area contributed by atoms with E-state index in [1.165, 1.54) is 0 Å². The van der Waals surface area contributed by atoms with Crippen molar-refractivity contribution in [2.75, 3.05) is 52.4 Å². The Bertz CT molecular complexity index is 523. The first-order chi connectivity index (χ1) is 19.9. The molecule has 0 atom stereocenters. The van der Waals surface area contributed by atoms with Gasteiger partial charge < -0.3 is 119 Å². The molecule has 0 fully saturated rings. The Labute approximate surface area is 315 Å². The summed E-state index contributed by atoms with van der Waals surface area (Å²) < 4.78 is 10.7. The van der Waals surface area contributed by atoms with Gasteiger partial charge in [0.2, 0.25) is 0 Å². The number of rotatable bonds is 16. The summed E-state index contributed by atoms with van der Waals surface area (Å²) in [6.45, 7) is 25.2. The van der Waals surface area contributed by atoms with E-state index in [1.807, 2.05) is 0 Å². The van der Waals surface area contributed by atoms with Crippen LogP contribution in [0.25, 0.3) is 0 Å². The molecule has 0 aromatic rings. The second-order valence-electron chi connectivity index (χ2n) is 9.01. The molecule has 0 aliphatic carbocycles. The molecule has 0 saturated heterocycles. The maximum atomic E-state index is 8.26. The Morgan fingerprint density at radius 2 is 0.476 bits per heavy atom. The molecule has 0 amide bonds. The van der Waals surface area contributed by atoms with Crippen LogP contribution in [0.3, 0.4) is 0 Å². The van der Waals surface area contributed by atoms with Gasteiger partial charge in [0, 0.05) is 52.4 Å². The van der Waals surface area contributed by atoms with Gasteiger partial charge in [-0.25, -0.2) is 0 Å². The Kier molecular flexibility index (Phi) is 52.4. The number of hydrogen-bond acceptors (Lipinski definition) is 9. The summed E-state index contributed by atoms with van der Waals surface area (Å²) in [5, 5.41) is 0. The van der Waals surface area contributed by atoms with Crippen molar-refractivity contribution < 1.29 is 23.2 Å². The summed E-state index contributed by atoms with van der Waals surface area (Å²) in [5.41, 5.74) is 0. The fraction of sp³-hybridized carbons (Fsp3) is 0.857. The van der Waals surface area contributed by atoms with Crippen LogP contribution in [0.5, 0.6) is 0 Å². The fourth-order valence-corrected chi connectivity index (χ4v) is 4.80. The van der Waals surface area contributed by atoms with Crippen molar-refractivity contribution in [3.63, 3.8) is 0 Å². The van der Waals surface area contributed by atoms with E-state index in [2.05, 4.69) is 75.0 Å². The summed E-state index contributed by atoms with van der Waals surface area (Å²) in [4.78, 5) is 8.30. The second-order valence-corrected chi connectivity index (χ2v) is 13.1. The summed E-state index contributed by atoms with van der Waals surface area (Å²) in [5.74, 6) is 0. The molecule has 0 radical (unpaired) electrons. The Morgan fingerprint density at radius 3 is 0.524 bits per heavy atom. The Hall–Kier alpha value is 0.928. The number of hydrogen-bond donors (Lipinski definition) is 0. The maximum absolute atomic E-state index is 8.26. The monoisotopic (exact) mass is 818 g/mol. The molecule has 0 aliphatic heterocycles. The first kappa shape index (κ1) is 52.5. The average molecular weight is 817 g/mol. The van der Waals surface area contributed by atoms with Gasteiger partial charge >= 0.3 is 23.2 Å². The molecular weight excluding hydrogens is 761 g/mol. The molecule has 0 aromatic heterocycles. The molecule has 0 heterocycles. The number of thiocarbonyl (C=S) groups is 4. The second kappa shape index (κ2) is 41.9. The van der Waals surface area contributed by atoms with Crippen LogP contribution in [0.15, 0.2) is 0 Å². The van der Waals surface area contributed by atoms with Crippen LogP contribution in [0, 0.1) is 0 Å². The van der Waals surface area contributed by atoms with Gasteiger partial charge in [-0.05, 0) is 51.4 Å². The van der Waals surface area contributed by atoms with Gasteiger partial charge in [-0.1, -0.05) is 72.7 Å². The third kappa shape index (κ3) is 39.0. The molecule has 42 heavy (non-hydrogen) atoms. The topological polar surface area (TPSA) is 30.0 Å². The Morgan fingerprint density at radius 1 is 0.381 bits per heavy atom. The molecule has 14 heteroatoms. The molecule has 5 nitrogen and oxygen atoms in total. The van der Waals surface area contributed by atoms with Crippen LogP contribution in [-0.2, 0) is 73.7 Å². The summed E-state index contributed by atoms with van der Waals surface area (Å²) in [7, 11) is 0. The quantitative estimate of drug-likeness (QED) is 0.0871. The van der Waals surface area contributed by atoms with Crippen LogP contribution < -0.4 is 0 Å². The van der Waals surface area contributed by atoms with Gasteiger partial charge in [0.05, 0.1) is 0 Å². The third-order valence-corrected chi connectivity index (χ3v) is 7.05. The van der Waals surface area contributed by atoms with E-state index < -0.39 is 0 Å². The van der Waals surface area contributed by atoms with E-state index in [1.54, 1.807) is 0 Å². The summed E-state index contributed by atoms with van der Waals surface area (Å²) >= 11 is 39.8. The van der Waals surface area contributed by atoms with Crippen molar-refractivity contribution in [2.24, 2.45) is 0 Å². The van der Waals surface area contributed by atoms with Gasteiger partial charge in [0.25, 0.3) is 0 Å². The van der Waals surface area contributed by atoms with Crippen LogP contribution in [0.2, 0.25) is 0 Å². The van der Waals surface area contributed by atoms with Gasteiger partial charge in [-0.3, -0.25) is 0 Å². The van der Waals surface area contributed by atoms with E-state index in [9.17, 15) is 0 Å². The molecule has 0 rings (SSSR count). The van der Waals surface area contributed by atoms with Crippen LogP contribution in [0.1, 0.15) is 107 Å². The van der Waals surface area contributed by atoms with Crippen molar-refractivity contribution in [1.29, 1.82) is 0 Å². The van der Waals surface area contributed by atoms with E-state index in [4.69, 9.17) is 103 Å². The van der Waals surface area contributed by atoms with E-state index in [0.29, 0.717) is 37.1 Å². The average Bonchev–Trinajstić information content (AvgIpc) is 2.94. The van der Waals surface area contributed by atoms with Gasteiger partial charge in [0.1, 0.15) is 0 Å². The molecule has 0 saturated carbocycles. The molecule has 0 spiro atoms. The van der Waals surface area contributed by atoms with E-state index in [-0.39, 0.29) is 0 Å². The zero-order valence-corrected chi connectivity index (χ0v) is 35.7. The third-order valence-electron chi connectivity index (χ3n) is 4.98. The number of nitrogens with zero attached hydrogens (tertiary/aromatic N) is 4. The molecule has 0 aliphatic rings. The fourth-order valence-electron chi connectivity index (χ4n) is 3.34. The zero-order valence-electron chi connectivity index (χ0n) is 27.2. The van der Waals surface area contributed by atoms with E-state index in [0.717, 1.165) is 104 Å². The minimum absolute atomic E-state index is 0.615. The first-order valence-electron chi connectivity index (χ1n) is 14.9. The summed E-state index contributed by atoms with van der Waals surface area (Å²) in [6, 6.07) is 0. The Balaban J connectivity index is -0.000000142. The van der Waals surface area contributed by atoms with Crippen LogP contribution in [0.4, 0.5) is 0 Å². The summed E-state index contributed by atoms with van der Waals surface area (Å²) in [6.07, 6.45) is 8.97. The first-order valence-corrected chi connectivity index (χ1v) is 19.0. The molecule has 0 unspecified atom stereocenters. The molecule has 0 bridgehead atoms. The van der Waals surface area contributed by atoms with Gasteiger partial charge in [0.15, 0.2) is 0 Å². The van der Waals surface area contributed by atoms with Gasteiger partial charge in [-0.2, -0.15) is 0 Å². The minimum atomic E-state index is 0.615. The van der Waals surface area contributed by atoms with Crippen LogP contribution in [-0.4, -0.2) is 89.2 Å². The zero-order chi connectivity index (χ0) is 33.9. The standard InChI is InChI=1S/4C7H15NS2.Mo.O/c4*1-3-5-8(6-4-2)7(9)10;;/h4*3-6H2,1-2H3,(H,9,10);;/q;;;;+4;/p-4. The molecule has 0 N–H and O–H groups in total. The van der Waals surface area contributed by atoms with Crippen molar-refractivity contribution in [3.8, 4) is 0 Å². The molecular formula is C28H56MoN4OS8. The van der Waals surface area contributed by atoms with Crippen molar-refractivity contribution in [3.05, 3.63) is 0 Å². The van der Waals surface area contributed by atoms with Gasteiger partial charge in [-0.15, -0.1) is 0 Å². The van der Waals surface area contributed by atoms with Crippen molar-refractivity contribution in [1.82, 2.24) is 19.6 Å². The molecule has 248 valence electrons. The van der Waals surface area contributed by atoms with E-state index >= 15 is 0 Å². The van der Waals surface area contributed by atoms with Crippen molar-refractivity contribution >= 4 is 117 Å². The van der Waals surface area contributed by atoms with Crippen molar-refractivity contribution in [2.45, 2.75) is 107 Å². The van der Waals surface area contributed by atoms with Crippen LogP contribution >= 0.6 is 48.9 Å². The normalized spacial score (nSPS) is 9.10. The predicted octanol–water partition coefficient (Wildman–Crippen LogP) is 7.64. The predicted molar refractivity (Wildman–Crippen MR) is 209 cm³/mol.